The molecule has 4 nitrogen and oxygen atoms in total. The predicted octanol–water partition coefficient (Wildman–Crippen LogP) is 2.72. The van der Waals surface area contributed by atoms with Crippen molar-refractivity contribution in [2.24, 2.45) is 0 Å². The fourth-order valence-electron chi connectivity index (χ4n) is 3.29. The summed E-state index contributed by atoms with van der Waals surface area (Å²) in [7, 11) is 0. The van der Waals surface area contributed by atoms with Gasteiger partial charge in [-0.25, -0.2) is 4.98 Å². The molecule has 21 heavy (non-hydrogen) atoms. The smallest absolute Gasteiger partial charge is 0.254 e. The molecular formula is C17H18N2O2. The Labute approximate surface area is 123 Å². The van der Waals surface area contributed by atoms with Gasteiger partial charge in [-0.15, -0.1) is 0 Å². The minimum Gasteiger partial charge on any atom is -0.482 e. The maximum absolute atomic E-state index is 12.3. The summed E-state index contributed by atoms with van der Waals surface area (Å²) >= 11 is 0. The monoisotopic (exact) mass is 282 g/mol. The first kappa shape index (κ1) is 12.6. The van der Waals surface area contributed by atoms with Crippen LogP contribution in [0.4, 0.5) is 0 Å². The largest absolute Gasteiger partial charge is 0.482 e. The van der Waals surface area contributed by atoms with Crippen molar-refractivity contribution in [1.82, 2.24) is 9.97 Å². The second-order valence-corrected chi connectivity index (χ2v) is 5.86. The van der Waals surface area contributed by atoms with Gasteiger partial charge in [-0.05, 0) is 37.3 Å². The zero-order valence-electron chi connectivity index (χ0n) is 11.9. The topological polar surface area (TPSA) is 55.0 Å². The number of aryl methyl sites for hydroxylation is 1. The number of nitrogens with one attached hydrogen (secondary N) is 1. The van der Waals surface area contributed by atoms with Crippen molar-refractivity contribution in [3.63, 3.8) is 0 Å². The number of para-hydroxylation sites is 1. The zero-order chi connectivity index (χ0) is 14.2. The lowest BCUT2D eigenvalue weighted by Gasteiger charge is -2.12. The maximum Gasteiger partial charge on any atom is 0.254 e. The minimum absolute atomic E-state index is 0.0245. The van der Waals surface area contributed by atoms with Crippen molar-refractivity contribution in [3.8, 4) is 5.75 Å². The van der Waals surface area contributed by atoms with Crippen LogP contribution < -0.4 is 10.3 Å². The van der Waals surface area contributed by atoms with Gasteiger partial charge in [-0.3, -0.25) is 4.79 Å². The van der Waals surface area contributed by atoms with Gasteiger partial charge in [-0.2, -0.15) is 0 Å². The molecule has 0 radical (unpaired) electrons. The number of hydrogen-bond donors (Lipinski definition) is 1. The van der Waals surface area contributed by atoms with Crippen LogP contribution in [0.25, 0.3) is 0 Å². The van der Waals surface area contributed by atoms with Crippen LogP contribution in [0, 0.1) is 0 Å². The number of hydrogen-bond acceptors (Lipinski definition) is 3. The van der Waals surface area contributed by atoms with Gasteiger partial charge < -0.3 is 9.72 Å². The third-order valence-corrected chi connectivity index (χ3v) is 4.41. The molecule has 1 aromatic carbocycles. The number of H-pyrrole nitrogens is 1. The molecule has 2 heterocycles. The summed E-state index contributed by atoms with van der Waals surface area (Å²) in [5.74, 6) is 1.58. The van der Waals surface area contributed by atoms with E-state index in [0.29, 0.717) is 5.82 Å². The van der Waals surface area contributed by atoms with E-state index in [1.54, 1.807) is 0 Å². The summed E-state index contributed by atoms with van der Waals surface area (Å²) < 4.78 is 5.94. The van der Waals surface area contributed by atoms with Crippen LogP contribution in [0.5, 0.6) is 5.75 Å². The lowest BCUT2D eigenvalue weighted by molar-refractivity contribution is 0.226. The fraction of sp³-hybridized carbons (Fsp3) is 0.412. The summed E-state index contributed by atoms with van der Waals surface area (Å²) in [6, 6.07) is 8.01. The molecule has 0 saturated carbocycles. The van der Waals surface area contributed by atoms with Gasteiger partial charge >= 0.3 is 0 Å². The standard InChI is InChI=1S/C17H18N2O2/c20-17-12-7-2-1-3-8-13(12)18-16(19-17)15-10-11-6-4-5-9-14(11)21-15/h4-6,9,15H,1-3,7-8,10H2,(H,18,19,20). The first-order chi connectivity index (χ1) is 10.3. The molecule has 0 saturated heterocycles. The van der Waals surface area contributed by atoms with Crippen molar-refractivity contribution in [3.05, 3.63) is 57.3 Å². The van der Waals surface area contributed by atoms with E-state index in [-0.39, 0.29) is 11.7 Å². The van der Waals surface area contributed by atoms with E-state index in [1.807, 2.05) is 18.2 Å². The van der Waals surface area contributed by atoms with E-state index in [2.05, 4.69) is 11.1 Å². The number of nitrogens with zero attached hydrogens (tertiary/aromatic N) is 1. The average Bonchev–Trinajstić information content (AvgIpc) is 2.78. The van der Waals surface area contributed by atoms with Crippen LogP contribution in [-0.2, 0) is 19.3 Å². The Morgan fingerprint density at radius 3 is 2.90 bits per heavy atom. The highest BCUT2D eigenvalue weighted by molar-refractivity contribution is 5.38. The number of aromatic nitrogens is 2. The lowest BCUT2D eigenvalue weighted by Crippen LogP contribution is -2.22. The van der Waals surface area contributed by atoms with Gasteiger partial charge in [-0.1, -0.05) is 24.6 Å². The molecule has 1 N–H and O–H groups in total. The second kappa shape index (κ2) is 5.02. The van der Waals surface area contributed by atoms with Crippen molar-refractivity contribution in [2.75, 3.05) is 0 Å². The molecule has 1 unspecified atom stereocenters. The SMILES string of the molecule is O=c1[nH]c(C2Cc3ccccc3O2)nc2c1CCCCC2. The number of ether oxygens (including phenoxy) is 1. The molecule has 0 amide bonds. The predicted molar refractivity (Wildman–Crippen MR) is 79.6 cm³/mol. The summed E-state index contributed by atoms with van der Waals surface area (Å²) in [5, 5.41) is 0. The van der Waals surface area contributed by atoms with Crippen LogP contribution in [0.2, 0.25) is 0 Å². The van der Waals surface area contributed by atoms with Crippen molar-refractivity contribution < 1.29 is 4.74 Å². The Morgan fingerprint density at radius 1 is 1.14 bits per heavy atom. The Balaban J connectivity index is 1.70. The van der Waals surface area contributed by atoms with Crippen LogP contribution in [-0.4, -0.2) is 9.97 Å². The number of benzene rings is 1. The van der Waals surface area contributed by atoms with E-state index in [4.69, 9.17) is 9.72 Å². The average molecular weight is 282 g/mol. The number of fused-ring (bicyclic) bond motifs is 2. The first-order valence-corrected chi connectivity index (χ1v) is 7.68. The highest BCUT2D eigenvalue weighted by Gasteiger charge is 2.27. The van der Waals surface area contributed by atoms with Gasteiger partial charge in [0.05, 0.1) is 5.69 Å². The van der Waals surface area contributed by atoms with Crippen LogP contribution in [0.1, 0.15) is 48.0 Å². The summed E-state index contributed by atoms with van der Waals surface area (Å²) in [6.45, 7) is 0. The molecule has 1 atom stereocenters. The van der Waals surface area contributed by atoms with Crippen molar-refractivity contribution in [2.45, 2.75) is 44.6 Å². The molecule has 1 aliphatic heterocycles. The molecule has 0 fully saturated rings. The zero-order valence-corrected chi connectivity index (χ0v) is 11.9. The van der Waals surface area contributed by atoms with E-state index >= 15 is 0 Å². The van der Waals surface area contributed by atoms with E-state index in [0.717, 1.165) is 49.1 Å². The van der Waals surface area contributed by atoms with Crippen LogP contribution in [0.3, 0.4) is 0 Å². The molecule has 2 aliphatic rings. The Bertz CT molecular complexity index is 711. The minimum atomic E-state index is -0.163. The number of aromatic amines is 1. The quantitative estimate of drug-likeness (QED) is 0.818. The molecule has 4 rings (SSSR count). The first-order valence-electron chi connectivity index (χ1n) is 7.68. The third-order valence-electron chi connectivity index (χ3n) is 4.41. The molecule has 0 spiro atoms. The summed E-state index contributed by atoms with van der Waals surface area (Å²) in [4.78, 5) is 20.0. The van der Waals surface area contributed by atoms with Crippen molar-refractivity contribution >= 4 is 0 Å². The molecule has 0 bridgehead atoms. The lowest BCUT2D eigenvalue weighted by atomic mass is 10.1. The van der Waals surface area contributed by atoms with Gasteiger partial charge in [0.15, 0.2) is 11.9 Å². The van der Waals surface area contributed by atoms with Gasteiger partial charge in [0.25, 0.3) is 5.56 Å². The second-order valence-electron chi connectivity index (χ2n) is 5.86. The Kier molecular flexibility index (Phi) is 3.02. The summed E-state index contributed by atoms with van der Waals surface area (Å²) in [6.07, 6.45) is 5.75. The molecule has 4 heteroatoms. The molecule has 108 valence electrons. The van der Waals surface area contributed by atoms with E-state index in [1.165, 1.54) is 12.0 Å². The highest BCUT2D eigenvalue weighted by Crippen LogP contribution is 2.35. The van der Waals surface area contributed by atoms with E-state index < -0.39 is 0 Å². The Morgan fingerprint density at radius 2 is 2.00 bits per heavy atom. The normalized spacial score (nSPS) is 20.3. The van der Waals surface area contributed by atoms with Gasteiger partial charge in [0, 0.05) is 12.0 Å². The third kappa shape index (κ3) is 2.24. The Hall–Kier alpha value is -2.10. The number of rotatable bonds is 1. The van der Waals surface area contributed by atoms with Crippen LogP contribution in [0.15, 0.2) is 29.1 Å². The van der Waals surface area contributed by atoms with Gasteiger partial charge in [0.1, 0.15) is 5.75 Å². The summed E-state index contributed by atoms with van der Waals surface area (Å²) in [5.41, 5.74) is 3.06. The van der Waals surface area contributed by atoms with Crippen LogP contribution >= 0.6 is 0 Å². The van der Waals surface area contributed by atoms with Crippen molar-refractivity contribution in [1.29, 1.82) is 0 Å². The van der Waals surface area contributed by atoms with Gasteiger partial charge in [0.2, 0.25) is 0 Å². The molecule has 2 aromatic rings. The molecule has 1 aliphatic carbocycles. The fourth-order valence-corrected chi connectivity index (χ4v) is 3.29. The maximum atomic E-state index is 12.3. The van der Waals surface area contributed by atoms with E-state index in [9.17, 15) is 4.79 Å². The molecule has 1 aromatic heterocycles. The highest BCUT2D eigenvalue weighted by atomic mass is 16.5. The molecular weight excluding hydrogens is 264 g/mol.